The Hall–Kier alpha value is -0.320. The number of likely N-dealkylation sites (N-methyl/N-ethyl adjacent to an activating group) is 1. The van der Waals surface area contributed by atoms with Crippen molar-refractivity contribution in [3.63, 3.8) is 0 Å². The van der Waals surface area contributed by atoms with Crippen molar-refractivity contribution in [3.05, 3.63) is 0 Å². The first kappa shape index (κ1) is 15.7. The van der Waals surface area contributed by atoms with Crippen molar-refractivity contribution in [2.45, 2.75) is 45.8 Å². The zero-order valence-corrected chi connectivity index (χ0v) is 11.3. The first-order chi connectivity index (χ1) is 6.90. The van der Waals surface area contributed by atoms with Gasteiger partial charge in [-0.3, -0.25) is 4.79 Å². The normalized spacial score (nSPS) is 31.2. The Labute approximate surface area is 104 Å². The van der Waals surface area contributed by atoms with E-state index in [1.54, 1.807) is 0 Å². The number of ether oxygens (including phenoxy) is 1. The van der Waals surface area contributed by atoms with Crippen LogP contribution in [0.15, 0.2) is 0 Å². The Morgan fingerprint density at radius 3 is 2.44 bits per heavy atom. The smallest absolute Gasteiger partial charge is 0.240 e. The minimum atomic E-state index is -0.775. The summed E-state index contributed by atoms with van der Waals surface area (Å²) in [6, 6.07) is 0. The fraction of sp³-hybridized carbons (Fsp3) is 0.909. The molecule has 5 heteroatoms. The Balaban J connectivity index is 0.00000225. The molecule has 1 aliphatic carbocycles. The van der Waals surface area contributed by atoms with Gasteiger partial charge in [0.25, 0.3) is 0 Å². The summed E-state index contributed by atoms with van der Waals surface area (Å²) in [7, 11) is 0. The first-order valence-electron chi connectivity index (χ1n) is 5.59. The van der Waals surface area contributed by atoms with Crippen molar-refractivity contribution in [2.24, 2.45) is 11.1 Å². The number of nitrogens with one attached hydrogen (secondary N) is 1. The predicted molar refractivity (Wildman–Crippen MR) is 66.7 cm³/mol. The molecule has 1 rings (SSSR count). The number of halogens is 1. The molecule has 1 amide bonds. The Morgan fingerprint density at radius 2 is 2.06 bits per heavy atom. The minimum Gasteiger partial charge on any atom is -0.378 e. The van der Waals surface area contributed by atoms with Crippen LogP contribution in [0, 0.1) is 5.41 Å². The van der Waals surface area contributed by atoms with E-state index in [1.807, 2.05) is 27.7 Å². The van der Waals surface area contributed by atoms with Gasteiger partial charge in [0.2, 0.25) is 5.91 Å². The van der Waals surface area contributed by atoms with Crippen molar-refractivity contribution in [1.82, 2.24) is 5.32 Å². The monoisotopic (exact) mass is 250 g/mol. The third-order valence-corrected chi connectivity index (χ3v) is 3.57. The van der Waals surface area contributed by atoms with Gasteiger partial charge >= 0.3 is 0 Å². The summed E-state index contributed by atoms with van der Waals surface area (Å²) < 4.78 is 5.56. The molecule has 1 fully saturated rings. The summed E-state index contributed by atoms with van der Waals surface area (Å²) in [5.41, 5.74) is 5.07. The fourth-order valence-corrected chi connectivity index (χ4v) is 2.14. The quantitative estimate of drug-likeness (QED) is 0.785. The largest absolute Gasteiger partial charge is 0.378 e. The van der Waals surface area contributed by atoms with E-state index >= 15 is 0 Å². The van der Waals surface area contributed by atoms with E-state index in [9.17, 15) is 4.79 Å². The lowest BCUT2D eigenvalue weighted by molar-refractivity contribution is -0.170. The second-order valence-corrected chi connectivity index (χ2v) is 4.70. The highest BCUT2D eigenvalue weighted by atomic mass is 35.5. The zero-order chi connectivity index (χ0) is 11.7. The van der Waals surface area contributed by atoms with Crippen LogP contribution in [0.4, 0.5) is 0 Å². The summed E-state index contributed by atoms with van der Waals surface area (Å²) >= 11 is 0. The molecule has 3 N–H and O–H groups in total. The molecule has 16 heavy (non-hydrogen) atoms. The Kier molecular flexibility index (Phi) is 5.23. The van der Waals surface area contributed by atoms with Gasteiger partial charge in [0, 0.05) is 25.0 Å². The van der Waals surface area contributed by atoms with Crippen LogP contribution in [0.2, 0.25) is 0 Å². The predicted octanol–water partition coefficient (Wildman–Crippen LogP) is 1.08. The van der Waals surface area contributed by atoms with Crippen molar-refractivity contribution in [3.8, 4) is 0 Å². The number of hydrogen-bond donors (Lipinski definition) is 2. The summed E-state index contributed by atoms with van der Waals surface area (Å²) in [6.45, 7) is 9.12. The van der Waals surface area contributed by atoms with E-state index in [-0.39, 0.29) is 29.8 Å². The van der Waals surface area contributed by atoms with Crippen LogP contribution in [0.5, 0.6) is 0 Å². The number of rotatable bonds is 4. The van der Waals surface area contributed by atoms with Crippen LogP contribution in [0.1, 0.15) is 34.1 Å². The number of carbonyl (C=O) groups excluding carboxylic acids is 1. The van der Waals surface area contributed by atoms with Crippen molar-refractivity contribution in [2.75, 3.05) is 13.2 Å². The molecule has 0 aromatic carbocycles. The SMILES string of the molecule is CCNC(=O)C1(N)CC(OCC)C1(C)C.Cl. The highest BCUT2D eigenvalue weighted by Gasteiger charge is 2.62. The van der Waals surface area contributed by atoms with Gasteiger partial charge in [-0.1, -0.05) is 13.8 Å². The summed E-state index contributed by atoms with van der Waals surface area (Å²) in [6.07, 6.45) is 0.703. The lowest BCUT2D eigenvalue weighted by Gasteiger charge is -2.57. The van der Waals surface area contributed by atoms with E-state index < -0.39 is 5.54 Å². The maximum Gasteiger partial charge on any atom is 0.240 e. The number of amides is 1. The molecular formula is C11H23ClN2O2. The standard InChI is InChI=1S/C11H22N2O2.ClH/c1-5-13-9(14)11(12)7-8(15-6-2)10(11,3)4;/h8H,5-7,12H2,1-4H3,(H,13,14);1H. The van der Waals surface area contributed by atoms with Crippen LogP contribution >= 0.6 is 12.4 Å². The highest BCUT2D eigenvalue weighted by Crippen LogP contribution is 2.49. The second kappa shape index (κ2) is 5.34. The molecule has 0 spiro atoms. The van der Waals surface area contributed by atoms with Gasteiger partial charge in [-0.25, -0.2) is 0 Å². The van der Waals surface area contributed by atoms with E-state index in [1.165, 1.54) is 0 Å². The van der Waals surface area contributed by atoms with Crippen molar-refractivity contribution >= 4 is 18.3 Å². The maximum atomic E-state index is 11.8. The molecule has 0 heterocycles. The lowest BCUT2D eigenvalue weighted by Crippen LogP contribution is -2.75. The highest BCUT2D eigenvalue weighted by molar-refractivity contribution is 5.88. The summed E-state index contributed by atoms with van der Waals surface area (Å²) in [5.74, 6) is -0.0639. The second-order valence-electron chi connectivity index (χ2n) is 4.70. The molecule has 0 aliphatic heterocycles. The van der Waals surface area contributed by atoms with Crippen molar-refractivity contribution in [1.29, 1.82) is 0 Å². The number of carbonyl (C=O) groups is 1. The van der Waals surface area contributed by atoms with E-state index in [4.69, 9.17) is 10.5 Å². The molecule has 0 radical (unpaired) electrons. The minimum absolute atomic E-state index is 0. The lowest BCUT2D eigenvalue weighted by atomic mass is 9.54. The Bertz CT molecular complexity index is 258. The van der Waals surface area contributed by atoms with Gasteiger partial charge in [0.15, 0.2) is 0 Å². The van der Waals surface area contributed by atoms with Crippen LogP contribution in [-0.4, -0.2) is 30.7 Å². The van der Waals surface area contributed by atoms with Gasteiger partial charge in [-0.2, -0.15) is 0 Å². The third kappa shape index (κ3) is 2.19. The molecule has 96 valence electrons. The van der Waals surface area contributed by atoms with Gasteiger partial charge in [0.05, 0.1) is 6.10 Å². The van der Waals surface area contributed by atoms with Crippen molar-refractivity contribution < 1.29 is 9.53 Å². The first-order valence-corrected chi connectivity index (χ1v) is 5.59. The van der Waals surface area contributed by atoms with Gasteiger partial charge in [-0.15, -0.1) is 12.4 Å². The molecule has 2 atom stereocenters. The average Bonchev–Trinajstić information content (AvgIpc) is 2.17. The van der Waals surface area contributed by atoms with Gasteiger partial charge < -0.3 is 15.8 Å². The van der Waals surface area contributed by atoms with E-state index in [2.05, 4.69) is 5.32 Å². The average molecular weight is 251 g/mol. The van der Waals surface area contributed by atoms with Crippen LogP contribution in [0.3, 0.4) is 0 Å². The Morgan fingerprint density at radius 1 is 1.50 bits per heavy atom. The molecule has 2 unspecified atom stereocenters. The van der Waals surface area contributed by atoms with Gasteiger partial charge in [0.1, 0.15) is 5.54 Å². The summed E-state index contributed by atoms with van der Waals surface area (Å²) in [5, 5.41) is 2.79. The fourth-order valence-electron chi connectivity index (χ4n) is 2.14. The number of hydrogen-bond acceptors (Lipinski definition) is 3. The summed E-state index contributed by atoms with van der Waals surface area (Å²) in [4.78, 5) is 11.8. The molecule has 0 aromatic rings. The molecule has 4 nitrogen and oxygen atoms in total. The van der Waals surface area contributed by atoms with Gasteiger partial charge in [-0.05, 0) is 13.8 Å². The molecule has 1 saturated carbocycles. The molecular weight excluding hydrogens is 228 g/mol. The molecule has 0 saturated heterocycles. The molecule has 0 bridgehead atoms. The van der Waals surface area contributed by atoms with Crippen LogP contribution < -0.4 is 11.1 Å². The van der Waals surface area contributed by atoms with Crippen LogP contribution in [-0.2, 0) is 9.53 Å². The molecule has 0 aromatic heterocycles. The topological polar surface area (TPSA) is 64.4 Å². The van der Waals surface area contributed by atoms with Crippen LogP contribution in [0.25, 0.3) is 0 Å². The zero-order valence-electron chi connectivity index (χ0n) is 10.5. The number of nitrogens with two attached hydrogens (primary N) is 1. The van der Waals surface area contributed by atoms with E-state index in [0.717, 1.165) is 0 Å². The molecule has 1 aliphatic rings. The maximum absolute atomic E-state index is 11.8. The van der Waals surface area contributed by atoms with E-state index in [0.29, 0.717) is 19.6 Å². The third-order valence-electron chi connectivity index (χ3n) is 3.57.